The van der Waals surface area contributed by atoms with Crippen molar-refractivity contribution >= 4 is 12.6 Å². The first-order valence-corrected chi connectivity index (χ1v) is 3.86. The average Bonchev–Trinajstić information content (AvgIpc) is 2.71. The van der Waals surface area contributed by atoms with Gasteiger partial charge in [0.05, 0.1) is 0 Å². The second kappa shape index (κ2) is 3.56. The van der Waals surface area contributed by atoms with Crippen molar-refractivity contribution in [2.24, 2.45) is 0 Å². The molecule has 0 aliphatic rings. The molecule has 2 aromatic rings. The number of hydrogen-bond acceptors (Lipinski definition) is 6. The Morgan fingerprint density at radius 2 is 2.14 bits per heavy atom. The highest BCUT2D eigenvalue weighted by molar-refractivity contribution is 6.58. The summed E-state index contributed by atoms with van der Waals surface area (Å²) >= 11 is 0. The van der Waals surface area contributed by atoms with E-state index in [0.717, 1.165) is 0 Å². The Labute approximate surface area is 79.4 Å². The predicted octanol–water partition coefficient (Wildman–Crippen LogP) is -1.19. The van der Waals surface area contributed by atoms with Gasteiger partial charge >= 0.3 is 7.12 Å². The maximum atomic E-state index is 8.81. The molecule has 0 aromatic carbocycles. The number of hydrogen-bond donors (Lipinski definition) is 2. The molecule has 0 aliphatic carbocycles. The molecule has 6 nitrogen and oxygen atoms in total. The molecule has 0 amide bonds. The molecule has 0 unspecified atom stereocenters. The molecular formula is C7H6BN3O3. The van der Waals surface area contributed by atoms with Crippen molar-refractivity contribution in [2.75, 3.05) is 0 Å². The van der Waals surface area contributed by atoms with Crippen molar-refractivity contribution in [3.8, 4) is 11.6 Å². The summed E-state index contributed by atoms with van der Waals surface area (Å²) in [4.78, 5) is 3.93. The maximum Gasteiger partial charge on any atom is 0.490 e. The summed E-state index contributed by atoms with van der Waals surface area (Å²) in [6.07, 6.45) is 2.54. The zero-order chi connectivity index (χ0) is 9.97. The normalized spacial score (nSPS) is 10.1. The largest absolute Gasteiger partial charge is 0.490 e. The van der Waals surface area contributed by atoms with E-state index in [1.807, 2.05) is 0 Å². The smallest absolute Gasteiger partial charge is 0.423 e. The van der Waals surface area contributed by atoms with Crippen LogP contribution >= 0.6 is 0 Å². The molecule has 2 heterocycles. The summed E-state index contributed by atoms with van der Waals surface area (Å²) in [5, 5.41) is 24.8. The second-order valence-corrected chi connectivity index (χ2v) is 2.59. The van der Waals surface area contributed by atoms with Crippen LogP contribution in [0.5, 0.6) is 0 Å². The summed E-state index contributed by atoms with van der Waals surface area (Å²) < 4.78 is 4.91. The van der Waals surface area contributed by atoms with Crippen molar-refractivity contribution < 1.29 is 14.5 Å². The van der Waals surface area contributed by atoms with Crippen LogP contribution in [0.25, 0.3) is 11.6 Å². The number of nitrogens with zero attached hydrogens (tertiary/aromatic N) is 3. The van der Waals surface area contributed by atoms with Gasteiger partial charge in [-0.05, 0) is 6.07 Å². The number of rotatable bonds is 2. The monoisotopic (exact) mass is 191 g/mol. The van der Waals surface area contributed by atoms with E-state index in [0.29, 0.717) is 17.0 Å². The molecule has 2 N–H and O–H groups in total. The van der Waals surface area contributed by atoms with Crippen LogP contribution in [0.15, 0.2) is 29.1 Å². The molecular weight excluding hydrogens is 185 g/mol. The lowest BCUT2D eigenvalue weighted by atomic mass is 9.82. The van der Waals surface area contributed by atoms with Crippen LogP contribution in [0, 0.1) is 0 Å². The molecule has 0 aliphatic heterocycles. The molecule has 0 spiro atoms. The zero-order valence-corrected chi connectivity index (χ0v) is 7.03. The van der Waals surface area contributed by atoms with Gasteiger partial charge in [-0.2, -0.15) is 0 Å². The average molecular weight is 191 g/mol. The minimum atomic E-state index is -1.51. The van der Waals surface area contributed by atoms with Crippen LogP contribution in [0.4, 0.5) is 0 Å². The number of pyridine rings is 1. The van der Waals surface area contributed by atoms with Crippen LogP contribution in [-0.2, 0) is 0 Å². The molecule has 0 saturated heterocycles. The van der Waals surface area contributed by atoms with Crippen LogP contribution < -0.4 is 5.46 Å². The summed E-state index contributed by atoms with van der Waals surface area (Å²) in [6.45, 7) is 0. The fraction of sp³-hybridized carbons (Fsp3) is 0. The standard InChI is InChI=1S/C7H6BN3O3/c12-8(13)5-1-2-6(9-3-5)7-11-10-4-14-7/h1-4,12-13H. The van der Waals surface area contributed by atoms with Crippen LogP contribution in [-0.4, -0.2) is 32.3 Å². The van der Waals surface area contributed by atoms with Crippen molar-refractivity contribution in [3.63, 3.8) is 0 Å². The third-order valence-corrected chi connectivity index (χ3v) is 1.66. The van der Waals surface area contributed by atoms with E-state index >= 15 is 0 Å². The maximum absolute atomic E-state index is 8.81. The molecule has 2 rings (SSSR count). The Kier molecular flexibility index (Phi) is 2.25. The SMILES string of the molecule is OB(O)c1ccc(-c2nnco2)nc1. The topological polar surface area (TPSA) is 92.3 Å². The first-order valence-electron chi connectivity index (χ1n) is 3.86. The van der Waals surface area contributed by atoms with E-state index in [4.69, 9.17) is 14.5 Å². The van der Waals surface area contributed by atoms with Crippen molar-refractivity contribution in [3.05, 3.63) is 24.7 Å². The molecule has 0 fully saturated rings. The number of aromatic nitrogens is 3. The van der Waals surface area contributed by atoms with Gasteiger partial charge in [-0.25, -0.2) is 0 Å². The van der Waals surface area contributed by atoms with E-state index in [-0.39, 0.29) is 0 Å². The quantitative estimate of drug-likeness (QED) is 0.579. The Bertz CT molecular complexity index is 401. The van der Waals surface area contributed by atoms with E-state index in [9.17, 15) is 0 Å². The molecule has 0 radical (unpaired) electrons. The van der Waals surface area contributed by atoms with E-state index in [2.05, 4.69) is 15.2 Å². The van der Waals surface area contributed by atoms with Gasteiger partial charge in [0.25, 0.3) is 5.89 Å². The van der Waals surface area contributed by atoms with Crippen molar-refractivity contribution in [1.82, 2.24) is 15.2 Å². The highest BCUT2D eigenvalue weighted by Crippen LogP contribution is 2.10. The Hall–Kier alpha value is -1.73. The first kappa shape index (κ1) is 8.85. The molecule has 7 heteroatoms. The molecule has 0 saturated carbocycles. The van der Waals surface area contributed by atoms with Gasteiger partial charge in [-0.15, -0.1) is 10.2 Å². The van der Waals surface area contributed by atoms with Gasteiger partial charge in [0.15, 0.2) is 0 Å². The lowest BCUT2D eigenvalue weighted by Crippen LogP contribution is -2.29. The summed E-state index contributed by atoms with van der Waals surface area (Å²) in [5.41, 5.74) is 0.806. The Morgan fingerprint density at radius 3 is 2.64 bits per heavy atom. The zero-order valence-electron chi connectivity index (χ0n) is 7.03. The van der Waals surface area contributed by atoms with Crippen LogP contribution in [0.3, 0.4) is 0 Å². The van der Waals surface area contributed by atoms with Gasteiger partial charge < -0.3 is 14.5 Å². The van der Waals surface area contributed by atoms with E-state index in [1.165, 1.54) is 18.7 Å². The molecule has 14 heavy (non-hydrogen) atoms. The highest BCUT2D eigenvalue weighted by Gasteiger charge is 2.12. The first-order chi connectivity index (χ1) is 6.77. The van der Waals surface area contributed by atoms with Gasteiger partial charge in [0.1, 0.15) is 5.69 Å². The predicted molar refractivity (Wildman–Crippen MR) is 47.4 cm³/mol. The Morgan fingerprint density at radius 1 is 1.29 bits per heavy atom. The van der Waals surface area contributed by atoms with Crippen LogP contribution in [0.1, 0.15) is 0 Å². The molecule has 0 atom stereocenters. The fourth-order valence-electron chi connectivity index (χ4n) is 0.969. The minimum Gasteiger partial charge on any atom is -0.423 e. The van der Waals surface area contributed by atoms with Gasteiger partial charge in [-0.1, -0.05) is 6.07 Å². The molecule has 70 valence electrons. The minimum absolute atomic E-state index is 0.295. The second-order valence-electron chi connectivity index (χ2n) is 2.59. The summed E-state index contributed by atoms with van der Waals surface area (Å²) in [5.74, 6) is 0.295. The molecule has 2 aromatic heterocycles. The summed E-state index contributed by atoms with van der Waals surface area (Å²) in [6, 6.07) is 3.10. The lowest BCUT2D eigenvalue weighted by Gasteiger charge is -1.98. The highest BCUT2D eigenvalue weighted by atomic mass is 16.4. The van der Waals surface area contributed by atoms with Crippen molar-refractivity contribution in [1.29, 1.82) is 0 Å². The molecule has 0 bridgehead atoms. The lowest BCUT2D eigenvalue weighted by molar-refractivity contribution is 0.425. The van der Waals surface area contributed by atoms with Gasteiger partial charge in [0, 0.05) is 11.7 Å². The third kappa shape index (κ3) is 1.63. The van der Waals surface area contributed by atoms with Crippen LogP contribution in [0.2, 0.25) is 0 Å². The summed E-state index contributed by atoms with van der Waals surface area (Å²) in [7, 11) is -1.51. The fourth-order valence-corrected chi connectivity index (χ4v) is 0.969. The van der Waals surface area contributed by atoms with E-state index < -0.39 is 7.12 Å². The Balaban J connectivity index is 2.31. The van der Waals surface area contributed by atoms with Gasteiger partial charge in [0.2, 0.25) is 6.39 Å². The van der Waals surface area contributed by atoms with Crippen molar-refractivity contribution in [2.45, 2.75) is 0 Å². The third-order valence-electron chi connectivity index (χ3n) is 1.66. The van der Waals surface area contributed by atoms with E-state index in [1.54, 1.807) is 6.07 Å². The van der Waals surface area contributed by atoms with Gasteiger partial charge in [-0.3, -0.25) is 4.98 Å².